The molecule has 0 radical (unpaired) electrons. The molecule has 0 spiro atoms. The summed E-state index contributed by atoms with van der Waals surface area (Å²) in [6, 6.07) is 7.79. The van der Waals surface area contributed by atoms with E-state index in [0.717, 1.165) is 45.4 Å². The third kappa shape index (κ3) is 4.52. The summed E-state index contributed by atoms with van der Waals surface area (Å²) in [5, 5.41) is 1.00. The number of hydrogen-bond acceptors (Lipinski definition) is 10. The van der Waals surface area contributed by atoms with Gasteiger partial charge in [-0.2, -0.15) is 0 Å². The van der Waals surface area contributed by atoms with E-state index in [1.165, 1.54) is 0 Å². The predicted molar refractivity (Wildman–Crippen MR) is 147 cm³/mol. The topological polar surface area (TPSA) is 80.2 Å². The standard InChI is InChI=1S/C28H32N2O7S/c1-31-20-10-16(11-21(32-2)26(20)35-5)9-18-14-37-15-19-24(18)29-28-30(7-8-38-28)25(19)17-12-22(33-3)27(36-6)23(13-17)34-4/h9-13,25H,7-8,14-15H2,1-6H3. The maximum Gasteiger partial charge on any atom is 0.203 e. The van der Waals surface area contributed by atoms with Crippen LogP contribution in [0.2, 0.25) is 0 Å². The van der Waals surface area contributed by atoms with Crippen LogP contribution in [0.3, 0.4) is 0 Å². The van der Waals surface area contributed by atoms with Gasteiger partial charge in [-0.05, 0) is 41.5 Å². The average Bonchev–Trinajstić information content (AvgIpc) is 3.43. The highest BCUT2D eigenvalue weighted by molar-refractivity contribution is 8.14. The summed E-state index contributed by atoms with van der Waals surface area (Å²) in [5.41, 5.74) is 4.95. The number of rotatable bonds is 8. The van der Waals surface area contributed by atoms with Gasteiger partial charge in [0.25, 0.3) is 0 Å². The van der Waals surface area contributed by atoms with Crippen LogP contribution < -0.4 is 28.4 Å². The van der Waals surface area contributed by atoms with Crippen molar-refractivity contribution in [1.82, 2.24) is 4.90 Å². The highest BCUT2D eigenvalue weighted by Crippen LogP contribution is 2.48. The molecule has 38 heavy (non-hydrogen) atoms. The zero-order valence-corrected chi connectivity index (χ0v) is 23.3. The van der Waals surface area contributed by atoms with Crippen LogP contribution in [0.25, 0.3) is 6.08 Å². The second-order valence-electron chi connectivity index (χ2n) is 8.79. The van der Waals surface area contributed by atoms with Crippen LogP contribution in [0.1, 0.15) is 17.2 Å². The van der Waals surface area contributed by atoms with Gasteiger partial charge in [-0.3, -0.25) is 0 Å². The van der Waals surface area contributed by atoms with Crippen molar-refractivity contribution in [1.29, 1.82) is 0 Å². The van der Waals surface area contributed by atoms with Crippen molar-refractivity contribution in [3.63, 3.8) is 0 Å². The van der Waals surface area contributed by atoms with Crippen molar-refractivity contribution < 1.29 is 33.2 Å². The van der Waals surface area contributed by atoms with Gasteiger partial charge in [-0.15, -0.1) is 0 Å². The van der Waals surface area contributed by atoms with Crippen LogP contribution in [0.15, 0.2) is 46.1 Å². The van der Waals surface area contributed by atoms with Crippen molar-refractivity contribution >= 4 is 23.0 Å². The Kier molecular flexibility index (Phi) is 7.62. The fourth-order valence-electron chi connectivity index (χ4n) is 5.14. The number of methoxy groups -OCH3 is 6. The quantitative estimate of drug-likeness (QED) is 0.479. The number of hydrogen-bond donors (Lipinski definition) is 0. The molecule has 2 aromatic rings. The SMILES string of the molecule is COc1cc(C=C2COCC3=C2N=C2SCCN2C3c2cc(OC)c(OC)c(OC)c2)cc(OC)c1OC. The van der Waals surface area contributed by atoms with Gasteiger partial charge < -0.3 is 38.1 Å². The second-order valence-corrected chi connectivity index (χ2v) is 9.85. The predicted octanol–water partition coefficient (Wildman–Crippen LogP) is 4.57. The number of aliphatic imine (C=N–C) groups is 1. The molecular weight excluding hydrogens is 508 g/mol. The molecule has 5 rings (SSSR count). The summed E-state index contributed by atoms with van der Waals surface area (Å²) in [4.78, 5) is 7.45. The van der Waals surface area contributed by atoms with Crippen LogP contribution in [-0.4, -0.2) is 78.2 Å². The summed E-state index contributed by atoms with van der Waals surface area (Å²) in [7, 11) is 9.69. The van der Waals surface area contributed by atoms with Gasteiger partial charge in [0.1, 0.15) is 0 Å². The molecule has 0 saturated carbocycles. The van der Waals surface area contributed by atoms with Gasteiger partial charge in [0.05, 0.1) is 67.6 Å². The molecule has 3 aliphatic rings. The lowest BCUT2D eigenvalue weighted by Gasteiger charge is -2.38. The van der Waals surface area contributed by atoms with Gasteiger partial charge in [0.15, 0.2) is 28.2 Å². The number of thioether (sulfide) groups is 1. The molecule has 9 nitrogen and oxygen atoms in total. The smallest absolute Gasteiger partial charge is 0.203 e. The highest BCUT2D eigenvalue weighted by Gasteiger charge is 2.39. The molecule has 3 heterocycles. The van der Waals surface area contributed by atoms with Crippen molar-refractivity contribution in [2.45, 2.75) is 6.04 Å². The second kappa shape index (κ2) is 11.1. The molecule has 3 aliphatic heterocycles. The zero-order chi connectivity index (χ0) is 26.8. The Morgan fingerprint density at radius 2 is 1.39 bits per heavy atom. The van der Waals surface area contributed by atoms with E-state index in [1.54, 1.807) is 54.4 Å². The van der Waals surface area contributed by atoms with Gasteiger partial charge in [0, 0.05) is 23.4 Å². The average molecular weight is 541 g/mol. The Bertz CT molecular complexity index is 1270. The summed E-state index contributed by atoms with van der Waals surface area (Å²) in [6.07, 6.45) is 2.07. The molecule has 1 fully saturated rings. The van der Waals surface area contributed by atoms with E-state index in [0.29, 0.717) is 47.7 Å². The minimum atomic E-state index is -0.0788. The summed E-state index contributed by atoms with van der Waals surface area (Å²) >= 11 is 1.76. The number of benzene rings is 2. The van der Waals surface area contributed by atoms with Gasteiger partial charge in [-0.25, -0.2) is 4.99 Å². The summed E-state index contributed by atoms with van der Waals surface area (Å²) in [6.45, 7) is 1.80. The van der Waals surface area contributed by atoms with Crippen LogP contribution in [-0.2, 0) is 4.74 Å². The molecule has 0 N–H and O–H groups in total. The van der Waals surface area contributed by atoms with E-state index >= 15 is 0 Å². The van der Waals surface area contributed by atoms with E-state index in [4.69, 9.17) is 38.2 Å². The minimum absolute atomic E-state index is 0.0788. The first-order valence-corrected chi connectivity index (χ1v) is 13.1. The fraction of sp³-hybridized carbons (Fsp3) is 0.393. The van der Waals surface area contributed by atoms with E-state index < -0.39 is 0 Å². The number of nitrogens with zero attached hydrogens (tertiary/aromatic N) is 2. The third-order valence-electron chi connectivity index (χ3n) is 6.81. The van der Waals surface area contributed by atoms with Crippen molar-refractivity contribution in [2.75, 3.05) is 68.2 Å². The van der Waals surface area contributed by atoms with E-state index in [9.17, 15) is 0 Å². The van der Waals surface area contributed by atoms with Crippen LogP contribution >= 0.6 is 11.8 Å². The minimum Gasteiger partial charge on any atom is -0.493 e. The number of fused-ring (bicyclic) bond motifs is 1. The molecule has 1 atom stereocenters. The van der Waals surface area contributed by atoms with Crippen molar-refractivity contribution in [3.05, 3.63) is 52.2 Å². The van der Waals surface area contributed by atoms with Crippen LogP contribution in [0.4, 0.5) is 0 Å². The Morgan fingerprint density at radius 1 is 0.816 bits per heavy atom. The van der Waals surface area contributed by atoms with Gasteiger partial charge in [0.2, 0.25) is 11.5 Å². The van der Waals surface area contributed by atoms with E-state index in [2.05, 4.69) is 11.0 Å². The van der Waals surface area contributed by atoms with Gasteiger partial charge in [-0.1, -0.05) is 11.8 Å². The molecule has 10 heteroatoms. The lowest BCUT2D eigenvalue weighted by molar-refractivity contribution is 0.157. The summed E-state index contributed by atoms with van der Waals surface area (Å²) in [5.74, 6) is 4.49. The molecule has 0 aliphatic carbocycles. The first-order chi connectivity index (χ1) is 18.6. The molecule has 0 aromatic heterocycles. The Balaban J connectivity index is 1.65. The Morgan fingerprint density at radius 3 is 1.95 bits per heavy atom. The van der Waals surface area contributed by atoms with E-state index in [-0.39, 0.29) is 6.04 Å². The first-order valence-electron chi connectivity index (χ1n) is 12.2. The molecule has 202 valence electrons. The maximum atomic E-state index is 6.14. The lowest BCUT2D eigenvalue weighted by Crippen LogP contribution is -2.37. The molecule has 2 aromatic carbocycles. The number of amidine groups is 1. The molecule has 0 bridgehead atoms. The Hall–Kier alpha value is -3.50. The van der Waals surface area contributed by atoms with Gasteiger partial charge >= 0.3 is 0 Å². The lowest BCUT2D eigenvalue weighted by atomic mass is 9.90. The summed E-state index contributed by atoms with van der Waals surface area (Å²) < 4.78 is 39.6. The number of ether oxygens (including phenoxy) is 7. The van der Waals surface area contributed by atoms with Crippen LogP contribution in [0, 0.1) is 0 Å². The van der Waals surface area contributed by atoms with E-state index in [1.807, 2.05) is 24.3 Å². The molecule has 1 unspecified atom stereocenters. The van der Waals surface area contributed by atoms with Crippen LogP contribution in [0.5, 0.6) is 34.5 Å². The normalized spacial score (nSPS) is 19.5. The molecular formula is C28H32N2O7S. The largest absolute Gasteiger partial charge is 0.493 e. The Labute approximate surface area is 227 Å². The monoisotopic (exact) mass is 540 g/mol. The highest BCUT2D eigenvalue weighted by atomic mass is 32.2. The maximum absolute atomic E-state index is 6.14. The first kappa shape index (κ1) is 26.1. The third-order valence-corrected chi connectivity index (χ3v) is 7.78. The molecule has 0 amide bonds. The van der Waals surface area contributed by atoms with Crippen molar-refractivity contribution in [2.24, 2.45) is 4.99 Å². The van der Waals surface area contributed by atoms with Crippen molar-refractivity contribution in [3.8, 4) is 34.5 Å². The fourth-order valence-corrected chi connectivity index (χ4v) is 6.12. The zero-order valence-electron chi connectivity index (χ0n) is 22.5. The molecule has 1 saturated heterocycles.